The van der Waals surface area contributed by atoms with Gasteiger partial charge < -0.3 is 0 Å². The summed E-state index contributed by atoms with van der Waals surface area (Å²) >= 11 is 3.67. The van der Waals surface area contributed by atoms with Crippen molar-refractivity contribution in [2.45, 2.75) is 11.0 Å². The lowest BCUT2D eigenvalue weighted by Gasteiger charge is -2.21. The number of nitro groups is 1. The lowest BCUT2D eigenvalue weighted by Crippen LogP contribution is -2.01. The second-order valence-electron chi connectivity index (χ2n) is 3.57. The molecule has 1 saturated heterocycles. The minimum Gasteiger partial charge on any atom is -0.258 e. The molecule has 1 heterocycles. The zero-order valence-electron chi connectivity index (χ0n) is 8.96. The lowest BCUT2D eigenvalue weighted by atomic mass is 10.1. The number of hydrogen-bond donors (Lipinski definition) is 0. The van der Waals surface area contributed by atoms with E-state index in [9.17, 15) is 10.1 Å². The maximum absolute atomic E-state index is 10.7. The summed E-state index contributed by atoms with van der Waals surface area (Å²) in [4.78, 5) is 10.2. The fourth-order valence-electron chi connectivity index (χ4n) is 1.63. The number of thioether (sulfide) groups is 2. The first kappa shape index (κ1) is 12.3. The minimum atomic E-state index is -0.510. The predicted molar refractivity (Wildman–Crippen MR) is 70.1 cm³/mol. The van der Waals surface area contributed by atoms with Crippen molar-refractivity contribution in [1.29, 1.82) is 5.26 Å². The maximum atomic E-state index is 10.7. The molecule has 88 valence electrons. The third-order valence-corrected chi connectivity index (χ3v) is 5.45. The van der Waals surface area contributed by atoms with Gasteiger partial charge in [0.2, 0.25) is 0 Å². The Morgan fingerprint density at radius 1 is 1.41 bits per heavy atom. The largest absolute Gasteiger partial charge is 0.287 e. The van der Waals surface area contributed by atoms with E-state index in [0.717, 1.165) is 17.1 Å². The molecule has 2 rings (SSSR count). The van der Waals surface area contributed by atoms with E-state index in [-0.39, 0.29) is 11.3 Å². The number of benzene rings is 1. The van der Waals surface area contributed by atoms with Crippen LogP contribution >= 0.6 is 23.5 Å². The van der Waals surface area contributed by atoms with Crippen LogP contribution in [-0.4, -0.2) is 16.4 Å². The van der Waals surface area contributed by atoms with Crippen molar-refractivity contribution in [2.75, 3.05) is 11.5 Å². The van der Waals surface area contributed by atoms with Gasteiger partial charge in [-0.3, -0.25) is 10.1 Å². The van der Waals surface area contributed by atoms with Gasteiger partial charge in [-0.25, -0.2) is 0 Å². The van der Waals surface area contributed by atoms with E-state index in [1.807, 2.05) is 29.6 Å². The molecular weight excluding hydrogens is 256 g/mol. The summed E-state index contributed by atoms with van der Waals surface area (Å²) in [5.74, 6) is 2.22. The fourth-order valence-corrected chi connectivity index (χ4v) is 4.50. The highest BCUT2D eigenvalue weighted by molar-refractivity contribution is 8.16. The van der Waals surface area contributed by atoms with Gasteiger partial charge in [0.05, 0.1) is 9.51 Å². The Morgan fingerprint density at radius 3 is 2.71 bits per heavy atom. The number of nitriles is 1. The molecule has 1 aliphatic rings. The van der Waals surface area contributed by atoms with Crippen molar-refractivity contribution in [1.82, 2.24) is 0 Å². The topological polar surface area (TPSA) is 66.9 Å². The number of nitro benzene ring substituents is 1. The smallest absolute Gasteiger partial charge is 0.258 e. The molecule has 0 amide bonds. The molecular formula is C11H10N2O2S2. The highest BCUT2D eigenvalue weighted by atomic mass is 32.2. The predicted octanol–water partition coefficient (Wildman–Crippen LogP) is 3.34. The van der Waals surface area contributed by atoms with Crippen LogP contribution in [0.4, 0.5) is 5.69 Å². The van der Waals surface area contributed by atoms with Crippen LogP contribution in [0, 0.1) is 21.4 Å². The second-order valence-corrected chi connectivity index (χ2v) is 6.30. The zero-order valence-corrected chi connectivity index (χ0v) is 10.6. The third kappa shape index (κ3) is 2.73. The summed E-state index contributed by atoms with van der Waals surface area (Å²) in [6.07, 6.45) is 1.20. The van der Waals surface area contributed by atoms with Crippen LogP contribution in [0.15, 0.2) is 18.2 Å². The highest BCUT2D eigenvalue weighted by Crippen LogP contribution is 2.44. The lowest BCUT2D eigenvalue weighted by molar-refractivity contribution is -0.385. The summed E-state index contributed by atoms with van der Waals surface area (Å²) in [6.45, 7) is 0. The molecule has 1 aromatic rings. The first-order valence-electron chi connectivity index (χ1n) is 5.14. The molecule has 17 heavy (non-hydrogen) atoms. The Kier molecular flexibility index (Phi) is 3.92. The van der Waals surface area contributed by atoms with Crippen LogP contribution < -0.4 is 0 Å². The maximum Gasteiger partial charge on any atom is 0.287 e. The minimum absolute atomic E-state index is 0.109. The third-order valence-electron chi connectivity index (χ3n) is 2.44. The van der Waals surface area contributed by atoms with E-state index >= 15 is 0 Å². The summed E-state index contributed by atoms with van der Waals surface area (Å²) in [6, 6.07) is 6.74. The van der Waals surface area contributed by atoms with Crippen LogP contribution in [0.5, 0.6) is 0 Å². The summed E-state index contributed by atoms with van der Waals surface area (Å²) in [7, 11) is 0. The Morgan fingerprint density at radius 2 is 2.12 bits per heavy atom. The van der Waals surface area contributed by atoms with E-state index in [4.69, 9.17) is 5.26 Å². The van der Waals surface area contributed by atoms with Gasteiger partial charge in [-0.05, 0) is 29.6 Å². The number of hydrogen-bond acceptors (Lipinski definition) is 5. The normalized spacial score (nSPS) is 16.4. The molecule has 6 heteroatoms. The molecule has 0 unspecified atom stereocenters. The van der Waals surface area contributed by atoms with Crippen LogP contribution in [0.2, 0.25) is 0 Å². The number of rotatable bonds is 2. The molecule has 1 aromatic carbocycles. The first-order valence-corrected chi connectivity index (χ1v) is 7.24. The molecule has 1 aliphatic heterocycles. The Labute approximate surface area is 108 Å². The fraction of sp³-hybridized carbons (Fsp3) is 0.364. The molecule has 0 aromatic heterocycles. The van der Waals surface area contributed by atoms with Crippen molar-refractivity contribution in [3.63, 3.8) is 0 Å². The Hall–Kier alpha value is -1.19. The number of nitrogens with zero attached hydrogens (tertiary/aromatic N) is 2. The highest BCUT2D eigenvalue weighted by Gasteiger charge is 2.20. The molecule has 4 nitrogen and oxygen atoms in total. The van der Waals surface area contributed by atoms with Crippen LogP contribution in [0.3, 0.4) is 0 Å². The van der Waals surface area contributed by atoms with Gasteiger partial charge >= 0.3 is 0 Å². The Balaban J connectivity index is 2.31. The van der Waals surface area contributed by atoms with Gasteiger partial charge in [-0.2, -0.15) is 5.26 Å². The van der Waals surface area contributed by atoms with Gasteiger partial charge in [0.1, 0.15) is 11.6 Å². The Bertz CT molecular complexity index is 479. The van der Waals surface area contributed by atoms with Gasteiger partial charge in [0.25, 0.3) is 5.69 Å². The van der Waals surface area contributed by atoms with E-state index in [2.05, 4.69) is 0 Å². The van der Waals surface area contributed by atoms with Crippen LogP contribution in [0.25, 0.3) is 0 Å². The van der Waals surface area contributed by atoms with Crippen molar-refractivity contribution in [3.05, 3.63) is 39.4 Å². The molecule has 0 atom stereocenters. The summed E-state index contributed by atoms with van der Waals surface area (Å²) in [5.41, 5.74) is 1.04. The first-order chi connectivity index (χ1) is 8.22. The molecule has 0 spiro atoms. The van der Waals surface area contributed by atoms with Gasteiger partial charge in [-0.1, -0.05) is 6.07 Å². The van der Waals surface area contributed by atoms with Gasteiger partial charge in [0.15, 0.2) is 0 Å². The van der Waals surface area contributed by atoms with Crippen LogP contribution in [-0.2, 0) is 0 Å². The average molecular weight is 266 g/mol. The second kappa shape index (κ2) is 5.43. The van der Waals surface area contributed by atoms with Crippen molar-refractivity contribution in [3.8, 4) is 6.07 Å². The van der Waals surface area contributed by atoms with E-state index in [0.29, 0.717) is 4.58 Å². The molecule has 0 saturated carbocycles. The molecule has 0 N–H and O–H groups in total. The molecule has 1 fully saturated rings. The zero-order chi connectivity index (χ0) is 12.3. The molecule has 0 bridgehead atoms. The summed E-state index contributed by atoms with van der Waals surface area (Å²) < 4.78 is 0.302. The standard InChI is InChI=1S/C11H10N2O2S2/c12-7-9-6-8(2-3-10(9)13(14)15)11-16-4-1-5-17-11/h2-3,6,11H,1,4-5H2. The van der Waals surface area contributed by atoms with E-state index in [1.165, 1.54) is 12.5 Å². The average Bonchev–Trinajstić information content (AvgIpc) is 2.39. The molecule has 0 aliphatic carbocycles. The SMILES string of the molecule is N#Cc1cc(C2SCCCS2)ccc1[N+](=O)[O-]. The molecule has 0 radical (unpaired) electrons. The van der Waals surface area contributed by atoms with Crippen molar-refractivity contribution in [2.24, 2.45) is 0 Å². The van der Waals surface area contributed by atoms with E-state index in [1.54, 1.807) is 12.1 Å². The van der Waals surface area contributed by atoms with Crippen LogP contribution in [0.1, 0.15) is 22.1 Å². The van der Waals surface area contributed by atoms with Crippen molar-refractivity contribution < 1.29 is 4.92 Å². The van der Waals surface area contributed by atoms with Gasteiger partial charge in [0, 0.05) is 6.07 Å². The summed E-state index contributed by atoms with van der Waals surface area (Å²) in [5, 5.41) is 19.6. The van der Waals surface area contributed by atoms with E-state index < -0.39 is 4.92 Å². The monoisotopic (exact) mass is 266 g/mol. The quantitative estimate of drug-likeness (QED) is 0.606. The van der Waals surface area contributed by atoms with Crippen molar-refractivity contribution >= 4 is 29.2 Å². The van der Waals surface area contributed by atoms with Gasteiger partial charge in [-0.15, -0.1) is 23.5 Å².